The van der Waals surface area contributed by atoms with Gasteiger partial charge in [-0.3, -0.25) is 4.98 Å². The molecule has 1 heterocycles. The summed E-state index contributed by atoms with van der Waals surface area (Å²) in [6, 6.07) is 4.31. The third-order valence-corrected chi connectivity index (χ3v) is 3.89. The summed E-state index contributed by atoms with van der Waals surface area (Å²) in [5.41, 5.74) is 9.11. The van der Waals surface area contributed by atoms with Crippen molar-refractivity contribution in [2.75, 3.05) is 0 Å². The van der Waals surface area contributed by atoms with Crippen molar-refractivity contribution in [3.8, 4) is 0 Å². The zero-order valence-electron chi connectivity index (χ0n) is 8.59. The molecule has 2 aliphatic carbocycles. The van der Waals surface area contributed by atoms with Crippen LogP contribution < -0.4 is 5.73 Å². The summed E-state index contributed by atoms with van der Waals surface area (Å²) in [5.74, 6) is 0. The minimum atomic E-state index is 0.0925. The quantitative estimate of drug-likeness (QED) is 0.770. The SMILES string of the molecule is Cc1ccc(C2(C3(N)CC3)CC2)nc1. The molecule has 1 aromatic heterocycles. The first-order chi connectivity index (χ1) is 6.66. The van der Waals surface area contributed by atoms with Gasteiger partial charge in [0.05, 0.1) is 0 Å². The number of aryl methyl sites for hydroxylation is 1. The van der Waals surface area contributed by atoms with Crippen molar-refractivity contribution in [2.24, 2.45) is 5.73 Å². The van der Waals surface area contributed by atoms with Crippen molar-refractivity contribution in [3.05, 3.63) is 29.6 Å². The van der Waals surface area contributed by atoms with Gasteiger partial charge in [0.25, 0.3) is 0 Å². The molecule has 2 N–H and O–H groups in total. The molecule has 2 fully saturated rings. The molecule has 0 spiro atoms. The molecule has 0 atom stereocenters. The topological polar surface area (TPSA) is 38.9 Å². The Morgan fingerprint density at radius 3 is 2.36 bits per heavy atom. The van der Waals surface area contributed by atoms with Gasteiger partial charge in [0.2, 0.25) is 0 Å². The zero-order valence-corrected chi connectivity index (χ0v) is 8.59. The van der Waals surface area contributed by atoms with Crippen molar-refractivity contribution in [1.29, 1.82) is 0 Å². The van der Waals surface area contributed by atoms with E-state index in [1.807, 2.05) is 6.20 Å². The van der Waals surface area contributed by atoms with Crippen LogP contribution in [-0.4, -0.2) is 10.5 Å². The number of aromatic nitrogens is 1. The minimum absolute atomic E-state index is 0.0925. The highest BCUT2D eigenvalue weighted by molar-refractivity contribution is 5.37. The number of pyridine rings is 1. The van der Waals surface area contributed by atoms with E-state index < -0.39 is 0 Å². The molecule has 0 unspecified atom stereocenters. The highest BCUT2D eigenvalue weighted by atomic mass is 14.9. The summed E-state index contributed by atoms with van der Waals surface area (Å²) in [4.78, 5) is 4.54. The van der Waals surface area contributed by atoms with E-state index in [0.717, 1.165) is 0 Å². The highest BCUT2D eigenvalue weighted by Gasteiger charge is 2.64. The van der Waals surface area contributed by atoms with Crippen LogP contribution in [0.5, 0.6) is 0 Å². The van der Waals surface area contributed by atoms with Crippen molar-refractivity contribution in [2.45, 2.75) is 43.6 Å². The van der Waals surface area contributed by atoms with Crippen LogP contribution in [0.25, 0.3) is 0 Å². The van der Waals surface area contributed by atoms with Gasteiger partial charge in [0.1, 0.15) is 0 Å². The standard InChI is InChI=1S/C12H16N2/c1-9-2-3-10(14-8-9)11(4-5-11)12(13)6-7-12/h2-3,8H,4-7,13H2,1H3. The molecule has 2 aliphatic rings. The van der Waals surface area contributed by atoms with Crippen LogP contribution in [0.3, 0.4) is 0 Å². The molecular weight excluding hydrogens is 172 g/mol. The van der Waals surface area contributed by atoms with Gasteiger partial charge < -0.3 is 5.73 Å². The van der Waals surface area contributed by atoms with Crippen LogP contribution in [0.4, 0.5) is 0 Å². The number of hydrogen-bond acceptors (Lipinski definition) is 2. The van der Waals surface area contributed by atoms with E-state index in [2.05, 4.69) is 24.0 Å². The van der Waals surface area contributed by atoms with Crippen LogP contribution in [0, 0.1) is 6.92 Å². The number of rotatable bonds is 2. The average Bonchev–Trinajstić information content (AvgIpc) is 3.01. The fraction of sp³-hybridized carbons (Fsp3) is 0.583. The van der Waals surface area contributed by atoms with Gasteiger partial charge in [-0.15, -0.1) is 0 Å². The van der Waals surface area contributed by atoms with E-state index in [1.54, 1.807) is 0 Å². The van der Waals surface area contributed by atoms with Crippen molar-refractivity contribution >= 4 is 0 Å². The third kappa shape index (κ3) is 0.976. The van der Waals surface area contributed by atoms with Crippen LogP contribution in [0.1, 0.15) is 36.9 Å². The Morgan fingerprint density at radius 2 is 1.93 bits per heavy atom. The molecule has 0 radical (unpaired) electrons. The normalized spacial score (nSPS) is 25.9. The largest absolute Gasteiger partial charge is 0.324 e. The summed E-state index contributed by atoms with van der Waals surface area (Å²) in [7, 11) is 0. The van der Waals surface area contributed by atoms with E-state index in [4.69, 9.17) is 5.73 Å². The lowest BCUT2D eigenvalue weighted by Gasteiger charge is -2.22. The third-order valence-electron chi connectivity index (χ3n) is 3.89. The Labute approximate surface area is 84.5 Å². The molecule has 1 aromatic rings. The number of hydrogen-bond donors (Lipinski definition) is 1. The van der Waals surface area contributed by atoms with Gasteiger partial charge in [0, 0.05) is 22.8 Å². The summed E-state index contributed by atoms with van der Waals surface area (Å²) in [5, 5.41) is 0. The molecule has 74 valence electrons. The van der Waals surface area contributed by atoms with Gasteiger partial charge in [-0.2, -0.15) is 0 Å². The second-order valence-corrected chi connectivity index (χ2v) is 4.96. The summed E-state index contributed by atoms with van der Waals surface area (Å²) < 4.78 is 0. The molecule has 0 bridgehead atoms. The average molecular weight is 188 g/mol. The van der Waals surface area contributed by atoms with Crippen LogP contribution in [0.2, 0.25) is 0 Å². The predicted molar refractivity (Wildman–Crippen MR) is 56.0 cm³/mol. The van der Waals surface area contributed by atoms with E-state index in [-0.39, 0.29) is 11.0 Å². The number of nitrogens with two attached hydrogens (primary N) is 1. The smallest absolute Gasteiger partial charge is 0.0483 e. The Hall–Kier alpha value is -0.890. The Kier molecular flexibility index (Phi) is 1.43. The maximum atomic E-state index is 6.32. The molecule has 0 amide bonds. The van der Waals surface area contributed by atoms with Crippen molar-refractivity contribution < 1.29 is 0 Å². The predicted octanol–water partition coefficient (Wildman–Crippen LogP) is 1.91. The van der Waals surface area contributed by atoms with Gasteiger partial charge in [-0.25, -0.2) is 0 Å². The van der Waals surface area contributed by atoms with Gasteiger partial charge >= 0.3 is 0 Å². The minimum Gasteiger partial charge on any atom is -0.324 e. The van der Waals surface area contributed by atoms with E-state index in [1.165, 1.54) is 36.9 Å². The molecule has 2 nitrogen and oxygen atoms in total. The summed E-state index contributed by atoms with van der Waals surface area (Å²) in [6.07, 6.45) is 6.80. The van der Waals surface area contributed by atoms with Crippen LogP contribution >= 0.6 is 0 Å². The Bertz CT molecular complexity index is 358. The van der Waals surface area contributed by atoms with Gasteiger partial charge in [-0.1, -0.05) is 6.07 Å². The molecule has 2 heteroatoms. The summed E-state index contributed by atoms with van der Waals surface area (Å²) >= 11 is 0. The van der Waals surface area contributed by atoms with Crippen LogP contribution in [0.15, 0.2) is 18.3 Å². The highest BCUT2D eigenvalue weighted by Crippen LogP contribution is 2.63. The van der Waals surface area contributed by atoms with E-state index in [9.17, 15) is 0 Å². The van der Waals surface area contributed by atoms with Crippen molar-refractivity contribution in [1.82, 2.24) is 4.98 Å². The molecule has 0 saturated heterocycles. The van der Waals surface area contributed by atoms with Gasteiger partial charge in [-0.05, 0) is 44.2 Å². The lowest BCUT2D eigenvalue weighted by atomic mass is 9.90. The summed E-state index contributed by atoms with van der Waals surface area (Å²) in [6.45, 7) is 2.08. The maximum absolute atomic E-state index is 6.32. The van der Waals surface area contributed by atoms with Crippen LogP contribution in [-0.2, 0) is 5.41 Å². The van der Waals surface area contributed by atoms with Crippen molar-refractivity contribution in [3.63, 3.8) is 0 Å². The zero-order chi connectivity index (χ0) is 9.81. The monoisotopic (exact) mass is 188 g/mol. The van der Waals surface area contributed by atoms with E-state index >= 15 is 0 Å². The Balaban J connectivity index is 1.99. The number of nitrogens with zero attached hydrogens (tertiary/aromatic N) is 1. The first-order valence-corrected chi connectivity index (χ1v) is 5.38. The molecule has 2 saturated carbocycles. The first-order valence-electron chi connectivity index (χ1n) is 5.38. The molecular formula is C12H16N2. The van der Waals surface area contributed by atoms with Gasteiger partial charge in [0.15, 0.2) is 0 Å². The molecule has 3 rings (SSSR count). The second kappa shape index (κ2) is 2.37. The van der Waals surface area contributed by atoms with E-state index in [0.29, 0.717) is 0 Å². The fourth-order valence-electron chi connectivity index (χ4n) is 2.50. The maximum Gasteiger partial charge on any atom is 0.0483 e. The molecule has 0 aliphatic heterocycles. The lowest BCUT2D eigenvalue weighted by molar-refractivity contribution is 0.491. The lowest BCUT2D eigenvalue weighted by Crippen LogP contribution is -2.37. The molecule has 14 heavy (non-hydrogen) atoms. The Morgan fingerprint density at radius 1 is 1.21 bits per heavy atom. The first kappa shape index (κ1) is 8.42. The second-order valence-electron chi connectivity index (χ2n) is 4.96. The molecule has 0 aromatic carbocycles. The fourth-order valence-corrected chi connectivity index (χ4v) is 2.50.